The first kappa shape index (κ1) is 29.4. The topological polar surface area (TPSA) is 48.0 Å². The Morgan fingerprint density at radius 1 is 0.659 bits per heavy atom. The summed E-state index contributed by atoms with van der Waals surface area (Å²) in [5.41, 5.74) is 3.11. The Hall–Kier alpha value is -3.13. The summed E-state index contributed by atoms with van der Waals surface area (Å²) in [5, 5.41) is 0. The van der Waals surface area contributed by atoms with Crippen LogP contribution in [-0.2, 0) is 38.8 Å². The predicted molar refractivity (Wildman–Crippen MR) is 153 cm³/mol. The lowest BCUT2D eigenvalue weighted by Gasteiger charge is -2.44. The minimum atomic E-state index is -2.32. The Labute approximate surface area is 241 Å². The van der Waals surface area contributed by atoms with Crippen molar-refractivity contribution >= 4 is 5.91 Å². The predicted octanol–water partition coefficient (Wildman–Crippen LogP) is 6.66. The van der Waals surface area contributed by atoms with Crippen LogP contribution in [0.25, 0.3) is 0 Å². The van der Waals surface area contributed by atoms with Crippen LogP contribution < -0.4 is 0 Å². The maximum atomic E-state index is 13.7. The average molecular weight is 564 g/mol. The van der Waals surface area contributed by atoms with Crippen molar-refractivity contribution in [1.82, 2.24) is 4.90 Å². The number of hydrogen-bond acceptors (Lipinski definition) is 4. The minimum absolute atomic E-state index is 0.000785. The van der Waals surface area contributed by atoms with Crippen LogP contribution in [-0.4, -0.2) is 48.6 Å². The van der Waals surface area contributed by atoms with Gasteiger partial charge in [-0.25, -0.2) is 8.78 Å². The van der Waals surface area contributed by atoms with Gasteiger partial charge in [0.05, 0.1) is 19.8 Å². The molecule has 1 amide bonds. The highest BCUT2D eigenvalue weighted by molar-refractivity contribution is 5.79. The number of amides is 1. The van der Waals surface area contributed by atoms with E-state index in [0.29, 0.717) is 58.6 Å². The molecule has 0 aromatic heterocycles. The number of alkyl halides is 2. The largest absolute Gasteiger partial charge is 0.369 e. The molecule has 3 aromatic rings. The third-order valence-corrected chi connectivity index (χ3v) is 8.22. The monoisotopic (exact) mass is 563 g/mol. The molecular formula is C34H39F2NO4. The van der Waals surface area contributed by atoms with Crippen LogP contribution >= 0.6 is 0 Å². The van der Waals surface area contributed by atoms with Gasteiger partial charge >= 0.3 is 0 Å². The van der Waals surface area contributed by atoms with Gasteiger partial charge in [-0.3, -0.25) is 4.79 Å². The Balaban J connectivity index is 1.34. The molecule has 0 spiro atoms. The number of carbonyl (C=O) groups is 1. The summed E-state index contributed by atoms with van der Waals surface area (Å²) in [7, 11) is 0. The van der Waals surface area contributed by atoms with E-state index < -0.39 is 30.7 Å². The first-order chi connectivity index (χ1) is 20.1. The van der Waals surface area contributed by atoms with Crippen molar-refractivity contribution in [2.24, 2.45) is 11.8 Å². The van der Waals surface area contributed by atoms with E-state index in [0.717, 1.165) is 16.7 Å². The zero-order chi connectivity index (χ0) is 28.4. The number of nitrogens with zero attached hydrogens (tertiary/aromatic N) is 1. The van der Waals surface area contributed by atoms with Gasteiger partial charge in [0, 0.05) is 24.9 Å². The van der Waals surface area contributed by atoms with Crippen molar-refractivity contribution in [3.63, 3.8) is 0 Å². The van der Waals surface area contributed by atoms with E-state index in [2.05, 4.69) is 0 Å². The summed E-state index contributed by atoms with van der Waals surface area (Å²) in [6.07, 6.45) is -1.83. The molecule has 0 radical (unpaired) electrons. The molecular weight excluding hydrogens is 524 g/mol. The minimum Gasteiger partial charge on any atom is -0.369 e. The van der Waals surface area contributed by atoms with E-state index in [1.54, 1.807) is 0 Å². The molecule has 5 nitrogen and oxygen atoms in total. The van der Waals surface area contributed by atoms with Gasteiger partial charge in [0.2, 0.25) is 12.3 Å². The number of halogens is 2. The summed E-state index contributed by atoms with van der Waals surface area (Å²) < 4.78 is 46.0. The number of rotatable bonds is 11. The maximum absolute atomic E-state index is 13.7. The molecule has 2 unspecified atom stereocenters. The van der Waals surface area contributed by atoms with Crippen LogP contribution in [0.15, 0.2) is 91.0 Å². The van der Waals surface area contributed by atoms with Gasteiger partial charge < -0.3 is 19.1 Å². The van der Waals surface area contributed by atoms with Gasteiger partial charge in [0.15, 0.2) is 0 Å². The summed E-state index contributed by atoms with van der Waals surface area (Å²) in [6, 6.07) is 29.8. The van der Waals surface area contributed by atoms with Crippen molar-refractivity contribution in [3.8, 4) is 0 Å². The van der Waals surface area contributed by atoms with Crippen LogP contribution in [0.5, 0.6) is 0 Å². The SMILES string of the molecule is O=C(C1CCC(C(F)F)CC1)N1CC(OCc2ccccc2)C(OCc2ccccc2)C(OCc2ccccc2)C1. The molecule has 218 valence electrons. The molecule has 0 bridgehead atoms. The lowest BCUT2D eigenvalue weighted by atomic mass is 9.81. The molecule has 3 aromatic carbocycles. The fourth-order valence-corrected chi connectivity index (χ4v) is 5.84. The van der Waals surface area contributed by atoms with Crippen LogP contribution in [0.3, 0.4) is 0 Å². The number of carbonyl (C=O) groups excluding carboxylic acids is 1. The smallest absolute Gasteiger partial charge is 0.241 e. The van der Waals surface area contributed by atoms with E-state index in [4.69, 9.17) is 14.2 Å². The first-order valence-electron chi connectivity index (χ1n) is 14.6. The highest BCUT2D eigenvalue weighted by Crippen LogP contribution is 2.35. The van der Waals surface area contributed by atoms with Crippen LogP contribution in [0.4, 0.5) is 8.78 Å². The summed E-state index contributed by atoms with van der Waals surface area (Å²) >= 11 is 0. The van der Waals surface area contributed by atoms with Gasteiger partial charge in [-0.1, -0.05) is 91.0 Å². The van der Waals surface area contributed by atoms with E-state index in [1.165, 1.54) is 0 Å². The molecule has 2 fully saturated rings. The Morgan fingerprint density at radius 3 is 1.49 bits per heavy atom. The number of likely N-dealkylation sites (tertiary alicyclic amines) is 1. The van der Waals surface area contributed by atoms with E-state index in [-0.39, 0.29) is 11.8 Å². The van der Waals surface area contributed by atoms with Gasteiger partial charge in [0.1, 0.15) is 18.3 Å². The molecule has 2 aliphatic rings. The van der Waals surface area contributed by atoms with Crippen molar-refractivity contribution in [2.75, 3.05) is 13.1 Å². The quantitative estimate of drug-likeness (QED) is 0.262. The molecule has 5 rings (SSSR count). The fraction of sp³-hybridized carbons (Fsp3) is 0.441. The number of hydrogen-bond donors (Lipinski definition) is 0. The lowest BCUT2D eigenvalue weighted by Crippen LogP contribution is -2.60. The Kier molecular flexibility index (Phi) is 10.5. The van der Waals surface area contributed by atoms with Gasteiger partial charge in [-0.15, -0.1) is 0 Å². The van der Waals surface area contributed by atoms with Crippen molar-refractivity contribution in [3.05, 3.63) is 108 Å². The van der Waals surface area contributed by atoms with Crippen LogP contribution in [0.1, 0.15) is 42.4 Å². The fourth-order valence-electron chi connectivity index (χ4n) is 5.84. The second kappa shape index (κ2) is 14.7. The molecule has 1 aliphatic heterocycles. The second-order valence-corrected chi connectivity index (χ2v) is 11.1. The summed E-state index contributed by atoms with van der Waals surface area (Å²) in [6.45, 7) is 1.89. The first-order valence-corrected chi connectivity index (χ1v) is 14.6. The molecule has 1 saturated heterocycles. The number of piperidine rings is 1. The highest BCUT2D eigenvalue weighted by Gasteiger charge is 2.43. The molecule has 1 heterocycles. The Morgan fingerprint density at radius 2 is 1.07 bits per heavy atom. The third kappa shape index (κ3) is 8.22. The molecule has 0 N–H and O–H groups in total. The van der Waals surface area contributed by atoms with Crippen molar-refractivity contribution < 1.29 is 27.8 Å². The molecule has 41 heavy (non-hydrogen) atoms. The summed E-state index contributed by atoms with van der Waals surface area (Å²) in [4.78, 5) is 15.6. The van der Waals surface area contributed by atoms with Crippen molar-refractivity contribution in [2.45, 2.75) is 70.2 Å². The third-order valence-electron chi connectivity index (χ3n) is 8.22. The van der Waals surface area contributed by atoms with Gasteiger partial charge in [-0.2, -0.15) is 0 Å². The summed E-state index contributed by atoms with van der Waals surface area (Å²) in [5.74, 6) is -0.864. The lowest BCUT2D eigenvalue weighted by molar-refractivity contribution is -0.190. The Bertz CT molecular complexity index is 1140. The van der Waals surface area contributed by atoms with Gasteiger partial charge in [0.25, 0.3) is 0 Å². The second-order valence-electron chi connectivity index (χ2n) is 11.1. The number of ether oxygens (including phenoxy) is 3. The van der Waals surface area contributed by atoms with Crippen LogP contribution in [0, 0.1) is 11.8 Å². The van der Waals surface area contributed by atoms with Crippen molar-refractivity contribution in [1.29, 1.82) is 0 Å². The average Bonchev–Trinajstić information content (AvgIpc) is 3.03. The van der Waals surface area contributed by atoms with E-state index in [1.807, 2.05) is 95.9 Å². The molecule has 1 aliphatic carbocycles. The molecule has 1 saturated carbocycles. The van der Waals surface area contributed by atoms with Crippen LogP contribution in [0.2, 0.25) is 0 Å². The van der Waals surface area contributed by atoms with E-state index in [9.17, 15) is 13.6 Å². The van der Waals surface area contributed by atoms with E-state index >= 15 is 0 Å². The zero-order valence-corrected chi connectivity index (χ0v) is 23.3. The number of benzene rings is 3. The zero-order valence-electron chi connectivity index (χ0n) is 23.3. The normalized spacial score (nSPS) is 24.9. The van der Waals surface area contributed by atoms with Gasteiger partial charge in [-0.05, 0) is 42.4 Å². The maximum Gasteiger partial charge on any atom is 0.241 e. The molecule has 2 atom stereocenters. The molecule has 7 heteroatoms. The standard InChI is InChI=1S/C34H39F2NO4/c35-33(36)28-16-18-29(19-17-28)34(38)37-20-30(39-22-25-10-4-1-5-11-25)32(41-24-27-14-8-3-9-15-27)31(21-37)40-23-26-12-6-2-7-13-26/h1-15,28-33H,16-24H2. The highest BCUT2D eigenvalue weighted by atomic mass is 19.3.